The summed E-state index contributed by atoms with van der Waals surface area (Å²) >= 11 is 6.18. The lowest BCUT2D eigenvalue weighted by molar-refractivity contribution is 0.414. The van der Waals surface area contributed by atoms with E-state index in [0.717, 1.165) is 42.1 Å². The largest absolute Gasteiger partial charge is 0.383 e. The fraction of sp³-hybridized carbons (Fsp3) is 0.280. The molecule has 0 aliphatic rings. The predicted octanol–water partition coefficient (Wildman–Crippen LogP) is 5.13. The van der Waals surface area contributed by atoms with Gasteiger partial charge in [-0.05, 0) is 63.8 Å². The van der Waals surface area contributed by atoms with Gasteiger partial charge in [0.05, 0.1) is 11.9 Å². The quantitative estimate of drug-likeness (QED) is 0.409. The Labute approximate surface area is 198 Å². The van der Waals surface area contributed by atoms with Crippen molar-refractivity contribution in [2.75, 3.05) is 44.4 Å². The third-order valence-electron chi connectivity index (χ3n) is 5.78. The molecule has 0 fully saturated rings. The van der Waals surface area contributed by atoms with Gasteiger partial charge in [0.2, 0.25) is 0 Å². The Kier molecular flexibility index (Phi) is 6.54. The fourth-order valence-corrected chi connectivity index (χ4v) is 4.22. The number of hydrogen-bond acceptors (Lipinski definition) is 5. The second kappa shape index (κ2) is 9.37. The Morgan fingerprint density at radius 3 is 2.58 bits per heavy atom. The lowest BCUT2D eigenvalue weighted by Crippen LogP contribution is -2.31. The number of nitrogen functional groups attached to an aromatic ring is 1. The van der Waals surface area contributed by atoms with Crippen molar-refractivity contribution in [3.05, 3.63) is 65.2 Å². The molecule has 8 heteroatoms. The van der Waals surface area contributed by atoms with E-state index < -0.39 is 0 Å². The van der Waals surface area contributed by atoms with Gasteiger partial charge in [-0.3, -0.25) is 0 Å². The molecular formula is C25H28ClFN6. The van der Waals surface area contributed by atoms with Gasteiger partial charge in [0.1, 0.15) is 11.6 Å². The molecular weight excluding hydrogens is 439 g/mol. The number of nitrogens with zero attached hydrogens (tertiary/aromatic N) is 5. The first kappa shape index (κ1) is 23.0. The first-order valence-corrected chi connectivity index (χ1v) is 11.3. The van der Waals surface area contributed by atoms with Gasteiger partial charge < -0.3 is 15.5 Å². The van der Waals surface area contributed by atoms with Crippen LogP contribution in [0.25, 0.3) is 27.9 Å². The molecule has 6 nitrogen and oxygen atoms in total. The van der Waals surface area contributed by atoms with Gasteiger partial charge in [-0.1, -0.05) is 23.7 Å². The van der Waals surface area contributed by atoms with Crippen LogP contribution in [0.15, 0.2) is 48.7 Å². The summed E-state index contributed by atoms with van der Waals surface area (Å²) in [6.45, 7) is 6.55. The zero-order chi connectivity index (χ0) is 23.7. The molecule has 0 aliphatic carbocycles. The first-order chi connectivity index (χ1) is 15.8. The number of aromatic nitrogens is 3. The predicted molar refractivity (Wildman–Crippen MR) is 134 cm³/mol. The molecule has 2 aromatic carbocycles. The van der Waals surface area contributed by atoms with Gasteiger partial charge >= 0.3 is 0 Å². The van der Waals surface area contributed by atoms with E-state index in [1.54, 1.807) is 10.7 Å². The molecule has 2 N–H and O–H groups in total. The van der Waals surface area contributed by atoms with E-state index in [9.17, 15) is 4.39 Å². The van der Waals surface area contributed by atoms with Crippen molar-refractivity contribution >= 4 is 28.8 Å². The molecule has 4 aromatic rings. The highest BCUT2D eigenvalue weighted by atomic mass is 35.5. The maximum atomic E-state index is 15.0. The second-order valence-electron chi connectivity index (χ2n) is 8.31. The van der Waals surface area contributed by atoms with Crippen LogP contribution in [0.2, 0.25) is 5.02 Å². The number of halogens is 2. The number of nitrogens with two attached hydrogens (primary N) is 1. The fourth-order valence-electron chi connectivity index (χ4n) is 4.03. The van der Waals surface area contributed by atoms with Crippen LogP contribution >= 0.6 is 11.6 Å². The molecule has 0 saturated carbocycles. The third kappa shape index (κ3) is 4.51. The topological polar surface area (TPSA) is 62.7 Å². The average molecular weight is 467 g/mol. The van der Waals surface area contributed by atoms with Crippen LogP contribution in [0, 0.1) is 12.7 Å². The Morgan fingerprint density at radius 2 is 1.88 bits per heavy atom. The van der Waals surface area contributed by atoms with Crippen molar-refractivity contribution < 1.29 is 4.39 Å². The van der Waals surface area contributed by atoms with Crippen molar-refractivity contribution in [1.82, 2.24) is 19.5 Å². The zero-order valence-corrected chi connectivity index (χ0v) is 20.1. The highest BCUT2D eigenvalue weighted by Crippen LogP contribution is 2.35. The van der Waals surface area contributed by atoms with Crippen LogP contribution in [0.3, 0.4) is 0 Å². The van der Waals surface area contributed by atoms with Gasteiger partial charge in [-0.15, -0.1) is 0 Å². The third-order valence-corrected chi connectivity index (χ3v) is 6.02. The monoisotopic (exact) mass is 466 g/mol. The van der Waals surface area contributed by atoms with Crippen LogP contribution in [-0.2, 0) is 0 Å². The standard InChI is InChI=1S/C25H28ClFN6/c1-5-32(12-11-31(3)4)19-9-10-22(27)20(14-19)21-15-29-33-24(28)23(16(2)30-25(21)33)17-7-6-8-18(26)13-17/h6-10,13-15H,5,11-12,28H2,1-4H3. The van der Waals surface area contributed by atoms with Crippen LogP contribution in [-0.4, -0.2) is 53.2 Å². The molecule has 0 saturated heterocycles. The molecule has 0 aliphatic heterocycles. The van der Waals surface area contributed by atoms with Gasteiger partial charge in [0.15, 0.2) is 5.65 Å². The maximum Gasteiger partial charge on any atom is 0.165 e. The number of anilines is 2. The van der Waals surface area contributed by atoms with Crippen LogP contribution in [0.4, 0.5) is 15.9 Å². The lowest BCUT2D eigenvalue weighted by Gasteiger charge is -2.25. The summed E-state index contributed by atoms with van der Waals surface area (Å²) in [5.41, 5.74) is 11.4. The second-order valence-corrected chi connectivity index (χ2v) is 8.74. The first-order valence-electron chi connectivity index (χ1n) is 10.9. The Morgan fingerprint density at radius 1 is 1.09 bits per heavy atom. The van der Waals surface area contributed by atoms with Crippen molar-refractivity contribution in [2.24, 2.45) is 0 Å². The lowest BCUT2D eigenvalue weighted by atomic mass is 10.0. The highest BCUT2D eigenvalue weighted by molar-refractivity contribution is 6.30. The molecule has 2 aromatic heterocycles. The van der Waals surface area contributed by atoms with Gasteiger partial charge in [0, 0.05) is 47.0 Å². The van der Waals surface area contributed by atoms with Crippen molar-refractivity contribution in [3.63, 3.8) is 0 Å². The molecule has 0 bridgehead atoms. The Bertz CT molecular complexity index is 1300. The molecule has 33 heavy (non-hydrogen) atoms. The van der Waals surface area contributed by atoms with Gasteiger partial charge in [0.25, 0.3) is 0 Å². The van der Waals surface area contributed by atoms with Gasteiger partial charge in [-0.25, -0.2) is 9.37 Å². The summed E-state index contributed by atoms with van der Waals surface area (Å²) in [7, 11) is 4.08. The summed E-state index contributed by atoms with van der Waals surface area (Å²) in [5, 5.41) is 5.06. The normalized spacial score (nSPS) is 11.5. The summed E-state index contributed by atoms with van der Waals surface area (Å²) in [4.78, 5) is 9.12. The van der Waals surface area contributed by atoms with Crippen LogP contribution in [0.1, 0.15) is 12.6 Å². The van der Waals surface area contributed by atoms with Crippen molar-refractivity contribution in [2.45, 2.75) is 13.8 Å². The minimum Gasteiger partial charge on any atom is -0.383 e. The highest BCUT2D eigenvalue weighted by Gasteiger charge is 2.20. The van der Waals surface area contributed by atoms with E-state index >= 15 is 0 Å². The number of fused-ring (bicyclic) bond motifs is 1. The minimum atomic E-state index is -0.325. The number of hydrogen-bond donors (Lipinski definition) is 1. The maximum absolute atomic E-state index is 15.0. The van der Waals surface area contributed by atoms with Crippen LogP contribution < -0.4 is 10.6 Å². The summed E-state index contributed by atoms with van der Waals surface area (Å²) in [5.74, 6) is 0.109. The molecule has 0 unspecified atom stereocenters. The summed E-state index contributed by atoms with van der Waals surface area (Å²) in [6.07, 6.45) is 1.62. The minimum absolute atomic E-state index is 0.325. The van der Waals surface area contributed by atoms with E-state index in [1.807, 2.05) is 57.4 Å². The number of rotatable bonds is 7. The smallest absolute Gasteiger partial charge is 0.165 e. The molecule has 0 atom stereocenters. The van der Waals surface area contributed by atoms with Gasteiger partial charge in [-0.2, -0.15) is 9.61 Å². The van der Waals surface area contributed by atoms with E-state index in [1.165, 1.54) is 6.07 Å². The molecule has 0 radical (unpaired) electrons. The number of benzene rings is 2. The molecule has 0 spiro atoms. The van der Waals surface area contributed by atoms with Crippen molar-refractivity contribution in [3.8, 4) is 22.3 Å². The summed E-state index contributed by atoms with van der Waals surface area (Å²) < 4.78 is 16.6. The average Bonchev–Trinajstić information content (AvgIpc) is 3.19. The molecule has 4 rings (SSSR count). The molecule has 172 valence electrons. The van der Waals surface area contributed by atoms with E-state index in [-0.39, 0.29) is 5.82 Å². The number of aryl methyl sites for hydroxylation is 1. The van der Waals surface area contributed by atoms with Crippen LogP contribution in [0.5, 0.6) is 0 Å². The number of likely N-dealkylation sites (N-methyl/N-ethyl adjacent to an activating group) is 2. The molecule has 0 amide bonds. The van der Waals surface area contributed by atoms with Crippen molar-refractivity contribution in [1.29, 1.82) is 0 Å². The zero-order valence-electron chi connectivity index (χ0n) is 19.3. The Balaban J connectivity index is 1.81. The van der Waals surface area contributed by atoms with E-state index in [0.29, 0.717) is 27.6 Å². The molecule has 2 heterocycles. The summed E-state index contributed by atoms with van der Waals surface area (Å²) in [6, 6.07) is 12.6. The van der Waals surface area contributed by atoms with E-state index in [4.69, 9.17) is 22.3 Å². The SMILES string of the molecule is CCN(CCN(C)C)c1ccc(F)c(-c2cnn3c(N)c(-c4cccc(Cl)c4)c(C)nc23)c1. The Hall–Kier alpha value is -3.16. The van der Waals surface area contributed by atoms with E-state index in [2.05, 4.69) is 21.8 Å².